The van der Waals surface area contributed by atoms with E-state index in [0.717, 1.165) is 12.3 Å². The number of aromatic hydroxyl groups is 1. The molecule has 4 aromatic carbocycles. The Hall–Kier alpha value is -4.09. The number of carbonyl (C=O) groups excluding carboxylic acids is 2. The van der Waals surface area contributed by atoms with Crippen LogP contribution in [0.5, 0.6) is 5.75 Å². The van der Waals surface area contributed by atoms with Crippen LogP contribution in [-0.2, 0) is 39.5 Å². The molecule has 296 valence electrons. The highest BCUT2D eigenvalue weighted by atomic mass is 32.2. The van der Waals surface area contributed by atoms with E-state index in [1.165, 1.54) is 38.9 Å². The molecule has 0 saturated carbocycles. The molecule has 0 aromatic heterocycles. The first-order chi connectivity index (χ1) is 24.8. The monoisotopic (exact) mass is 804 g/mol. The van der Waals surface area contributed by atoms with E-state index in [1.54, 1.807) is 13.8 Å². The van der Waals surface area contributed by atoms with Gasteiger partial charge in [-0.1, -0.05) is 52.6 Å². The number of hydrogen-bond donors (Lipinski definition) is 3. The molecule has 54 heavy (non-hydrogen) atoms. The van der Waals surface area contributed by atoms with Gasteiger partial charge in [0.15, 0.2) is 9.84 Å². The molecular weight excluding hydrogens is 753 g/mol. The van der Waals surface area contributed by atoms with Crippen LogP contribution in [0.4, 0.5) is 0 Å². The summed E-state index contributed by atoms with van der Waals surface area (Å²) in [5.41, 5.74) is 0.619. The second-order valence-electron chi connectivity index (χ2n) is 13.2. The van der Waals surface area contributed by atoms with Crippen LogP contribution in [-0.4, -0.2) is 96.3 Å². The van der Waals surface area contributed by atoms with Crippen LogP contribution in [0.25, 0.3) is 32.3 Å². The molecule has 0 fully saturated rings. The van der Waals surface area contributed by atoms with E-state index in [1.807, 2.05) is 13.8 Å². The molecule has 4 aromatic rings. The zero-order valence-electron chi connectivity index (χ0n) is 30.8. The summed E-state index contributed by atoms with van der Waals surface area (Å²) in [6.07, 6.45) is 2.38. The molecule has 0 heterocycles. The van der Waals surface area contributed by atoms with Crippen LogP contribution in [0.3, 0.4) is 0 Å². The average molecular weight is 805 g/mol. The number of sulfone groups is 1. The molecule has 0 bridgehead atoms. The van der Waals surface area contributed by atoms with Gasteiger partial charge in [0.1, 0.15) is 5.75 Å². The number of hydrogen-bond acceptors (Lipinski definition) is 9. The minimum Gasteiger partial charge on any atom is -0.507 e. The summed E-state index contributed by atoms with van der Waals surface area (Å²) in [5, 5.41) is 17.6. The first kappa shape index (κ1) is 44.3. The van der Waals surface area contributed by atoms with Gasteiger partial charge in [0.2, 0.25) is 31.9 Å². The summed E-state index contributed by atoms with van der Waals surface area (Å²) < 4.78 is 87.3. The fourth-order valence-corrected chi connectivity index (χ4v) is 10.9. The fraction of sp³-hybridized carbons (Fsp3) is 0.421. The highest BCUT2D eigenvalue weighted by molar-refractivity contribution is 7.91. The molecule has 0 aliphatic rings. The summed E-state index contributed by atoms with van der Waals surface area (Å²) in [6, 6.07) is 8.26. The van der Waals surface area contributed by atoms with Crippen molar-refractivity contribution < 1.29 is 39.9 Å². The smallest absolute Gasteiger partial charge is 0.246 e. The lowest BCUT2D eigenvalue weighted by atomic mass is 9.94. The molecule has 0 aliphatic carbocycles. The third kappa shape index (κ3) is 9.05. The van der Waals surface area contributed by atoms with E-state index in [4.69, 9.17) is 0 Å². The lowest BCUT2D eigenvalue weighted by Crippen LogP contribution is -2.36. The van der Waals surface area contributed by atoms with Gasteiger partial charge in [0, 0.05) is 89.0 Å². The number of phenolic OH excluding ortho intramolecular Hbond substituents is 1. The average Bonchev–Trinajstić information content (AvgIpc) is 3.08. The van der Waals surface area contributed by atoms with Crippen LogP contribution in [0.2, 0.25) is 0 Å². The maximum absolute atomic E-state index is 14.7. The van der Waals surface area contributed by atoms with E-state index < -0.39 is 29.9 Å². The predicted molar refractivity (Wildman–Crippen MR) is 215 cm³/mol. The summed E-state index contributed by atoms with van der Waals surface area (Å²) in [6.45, 7) is 14.5. The van der Waals surface area contributed by atoms with Crippen molar-refractivity contribution >= 4 is 74.0 Å². The Labute approximate surface area is 319 Å². The van der Waals surface area contributed by atoms with Gasteiger partial charge < -0.3 is 15.7 Å². The molecule has 16 heteroatoms. The van der Waals surface area contributed by atoms with Crippen LogP contribution in [0.1, 0.15) is 60.8 Å². The van der Waals surface area contributed by atoms with Crippen molar-refractivity contribution in [3.8, 4) is 5.75 Å². The minimum atomic E-state index is -4.43. The van der Waals surface area contributed by atoms with Crippen molar-refractivity contribution in [3.63, 3.8) is 0 Å². The van der Waals surface area contributed by atoms with Crippen molar-refractivity contribution in [1.29, 1.82) is 0 Å². The fourth-order valence-electron chi connectivity index (χ4n) is 6.31. The number of rotatable bonds is 19. The second-order valence-corrected chi connectivity index (χ2v) is 19.0. The Morgan fingerprint density at radius 2 is 1.02 bits per heavy atom. The normalized spacial score (nSPS) is 12.4. The molecule has 0 unspecified atom stereocenters. The SMILES string of the molecule is C.C=C(C)C(=O)NCCCN(CCC)S(=O)(=O)c1cc(S(=O)(=O)N(CCC)CCCNC(=O)C(=C)C)c2ccc3c(S(C)(=O)=O)cc(O)c4ccc1c2c43. The molecule has 2 amide bonds. The van der Waals surface area contributed by atoms with Gasteiger partial charge in [-0.25, -0.2) is 25.3 Å². The van der Waals surface area contributed by atoms with E-state index in [9.17, 15) is 39.9 Å². The summed E-state index contributed by atoms with van der Waals surface area (Å²) in [5.74, 6) is -1.08. The second kappa shape index (κ2) is 17.6. The quantitative estimate of drug-likeness (QED) is 0.0643. The number of amides is 2. The van der Waals surface area contributed by atoms with E-state index in [2.05, 4.69) is 23.8 Å². The van der Waals surface area contributed by atoms with E-state index in [-0.39, 0.29) is 124 Å². The molecule has 0 atom stereocenters. The zero-order chi connectivity index (χ0) is 39.5. The van der Waals surface area contributed by atoms with Crippen molar-refractivity contribution in [3.05, 3.63) is 60.7 Å². The lowest BCUT2D eigenvalue weighted by Gasteiger charge is -2.27. The molecule has 4 rings (SSSR count). The number of nitrogens with zero attached hydrogens (tertiary/aromatic N) is 2. The molecule has 0 radical (unpaired) electrons. The Balaban J connectivity index is 0.00000784. The zero-order valence-corrected chi connectivity index (χ0v) is 33.2. The Bertz CT molecular complexity index is 2320. The molecular formula is C38H52N4O9S3. The summed E-state index contributed by atoms with van der Waals surface area (Å²) >= 11 is 0. The predicted octanol–water partition coefficient (Wildman–Crippen LogP) is 5.30. The van der Waals surface area contributed by atoms with Gasteiger partial charge in [0.05, 0.1) is 14.7 Å². The maximum Gasteiger partial charge on any atom is 0.246 e. The number of sulfonamides is 2. The van der Waals surface area contributed by atoms with Crippen LogP contribution in [0.15, 0.2) is 75.4 Å². The van der Waals surface area contributed by atoms with Gasteiger partial charge in [0.25, 0.3) is 0 Å². The number of benzene rings is 4. The van der Waals surface area contributed by atoms with Gasteiger partial charge in [-0.2, -0.15) is 8.61 Å². The van der Waals surface area contributed by atoms with Crippen molar-refractivity contribution in [2.45, 2.75) is 75.5 Å². The number of carbonyl (C=O) groups is 2. The highest BCUT2D eigenvalue weighted by Gasteiger charge is 2.34. The van der Waals surface area contributed by atoms with Crippen molar-refractivity contribution in [2.75, 3.05) is 45.5 Å². The highest BCUT2D eigenvalue weighted by Crippen LogP contribution is 2.45. The Morgan fingerprint density at radius 1 is 0.648 bits per heavy atom. The van der Waals surface area contributed by atoms with Crippen LogP contribution in [0, 0.1) is 0 Å². The topological polar surface area (TPSA) is 187 Å². The van der Waals surface area contributed by atoms with Gasteiger partial charge in [-0.05, 0) is 57.7 Å². The first-order valence-corrected chi connectivity index (χ1v) is 22.1. The van der Waals surface area contributed by atoms with E-state index in [0.29, 0.717) is 24.0 Å². The van der Waals surface area contributed by atoms with Crippen LogP contribution >= 0.6 is 0 Å². The molecule has 0 aliphatic heterocycles. The molecule has 13 nitrogen and oxygen atoms in total. The van der Waals surface area contributed by atoms with Gasteiger partial charge >= 0.3 is 0 Å². The summed E-state index contributed by atoms with van der Waals surface area (Å²) in [4.78, 5) is 23.3. The maximum atomic E-state index is 14.7. The van der Waals surface area contributed by atoms with Crippen molar-refractivity contribution in [1.82, 2.24) is 19.2 Å². The number of phenols is 1. The Kier molecular flexibility index (Phi) is 14.4. The first-order valence-electron chi connectivity index (χ1n) is 17.3. The largest absolute Gasteiger partial charge is 0.507 e. The third-order valence-corrected chi connectivity index (χ3v) is 13.9. The molecule has 3 N–H and O–H groups in total. The minimum absolute atomic E-state index is 0. The molecule has 0 spiro atoms. The van der Waals surface area contributed by atoms with Gasteiger partial charge in [-0.15, -0.1) is 0 Å². The number of nitrogens with one attached hydrogen (secondary N) is 2. The van der Waals surface area contributed by atoms with E-state index >= 15 is 0 Å². The summed E-state index contributed by atoms with van der Waals surface area (Å²) in [7, 11) is -12.8. The van der Waals surface area contributed by atoms with Crippen molar-refractivity contribution in [2.24, 2.45) is 0 Å². The third-order valence-electron chi connectivity index (χ3n) is 8.86. The standard InChI is InChI=1S/C37H48N4O9S3.CH4/c1-8-18-40(20-10-16-38-36(43)24(3)4)52(47,48)32-23-33(53(49,50)41(19-9-2)21-11-17-39-37(44)25(5)6)29-15-14-27-31(51(7,45)46)22-30(42)26-12-13-28(32)35(29)34(26)27;/h12-15,22-23,42H,3,5,8-11,16-21H2,1-2,4,6-7H3,(H,38,43)(H,39,44);1H4. The van der Waals surface area contributed by atoms with Crippen LogP contribution < -0.4 is 10.6 Å². The Morgan fingerprint density at radius 3 is 1.39 bits per heavy atom. The molecule has 0 saturated heterocycles. The lowest BCUT2D eigenvalue weighted by molar-refractivity contribution is -0.118. The van der Waals surface area contributed by atoms with Gasteiger partial charge in [-0.3, -0.25) is 9.59 Å².